The highest BCUT2D eigenvalue weighted by atomic mass is 19.1. The molecule has 1 saturated heterocycles. The quantitative estimate of drug-likeness (QED) is 0.784. The molecule has 2 rings (SSSR count). The summed E-state index contributed by atoms with van der Waals surface area (Å²) >= 11 is 0. The van der Waals surface area contributed by atoms with E-state index in [1.807, 2.05) is 20.8 Å². The average molecular weight is 350 g/mol. The second-order valence-electron chi connectivity index (χ2n) is 7.33. The molecule has 1 aromatic carbocycles. The van der Waals surface area contributed by atoms with Gasteiger partial charge in [0.1, 0.15) is 11.4 Å². The van der Waals surface area contributed by atoms with E-state index in [9.17, 15) is 14.0 Å². The Labute approximate surface area is 148 Å². The lowest BCUT2D eigenvalue weighted by Gasteiger charge is -2.23. The first kappa shape index (κ1) is 19.4. The first-order valence-electron chi connectivity index (χ1n) is 8.74. The number of nitrogens with zero attached hydrogens (tertiary/aromatic N) is 2. The van der Waals surface area contributed by atoms with Gasteiger partial charge in [0.15, 0.2) is 0 Å². The molecule has 1 aliphatic heterocycles. The number of amides is 1. The molecular weight excluding hydrogens is 323 g/mol. The third kappa shape index (κ3) is 6.46. The molecule has 1 aromatic rings. The molecule has 1 fully saturated rings. The van der Waals surface area contributed by atoms with E-state index in [0.29, 0.717) is 38.2 Å². The molecule has 1 heterocycles. The zero-order chi connectivity index (χ0) is 18.4. The van der Waals surface area contributed by atoms with Gasteiger partial charge in [0.2, 0.25) is 0 Å². The molecule has 0 spiro atoms. The van der Waals surface area contributed by atoms with Crippen molar-refractivity contribution in [1.82, 2.24) is 9.80 Å². The van der Waals surface area contributed by atoms with E-state index in [0.717, 1.165) is 13.0 Å². The van der Waals surface area contributed by atoms with Gasteiger partial charge in [-0.25, -0.2) is 4.39 Å². The Morgan fingerprint density at radius 1 is 1.16 bits per heavy atom. The SMILES string of the molecule is CC(C)(C)OC(=O)CCN1CCCN(C(=O)c2cccc(F)c2)CC1. The van der Waals surface area contributed by atoms with Gasteiger partial charge in [0.05, 0.1) is 6.42 Å². The molecule has 0 atom stereocenters. The maximum absolute atomic E-state index is 13.3. The molecular formula is C19H27FN2O3. The fourth-order valence-corrected chi connectivity index (χ4v) is 2.84. The smallest absolute Gasteiger partial charge is 0.307 e. The number of halogens is 1. The number of hydrogen-bond donors (Lipinski definition) is 0. The highest BCUT2D eigenvalue weighted by Gasteiger charge is 2.22. The predicted molar refractivity (Wildman–Crippen MR) is 93.8 cm³/mol. The monoisotopic (exact) mass is 350 g/mol. The van der Waals surface area contributed by atoms with Crippen LogP contribution < -0.4 is 0 Å². The highest BCUT2D eigenvalue weighted by Crippen LogP contribution is 2.12. The standard InChI is InChI=1S/C19H27FN2O3/c1-19(2,3)25-17(23)8-11-21-9-5-10-22(13-12-21)18(24)15-6-4-7-16(20)14-15/h4,6-7,14H,5,8-13H2,1-3H3. The zero-order valence-corrected chi connectivity index (χ0v) is 15.3. The van der Waals surface area contributed by atoms with Crippen LogP contribution in [0.15, 0.2) is 24.3 Å². The maximum Gasteiger partial charge on any atom is 0.307 e. The van der Waals surface area contributed by atoms with Gasteiger partial charge in [-0.2, -0.15) is 0 Å². The van der Waals surface area contributed by atoms with E-state index in [2.05, 4.69) is 4.90 Å². The van der Waals surface area contributed by atoms with Gasteiger partial charge in [-0.15, -0.1) is 0 Å². The number of carbonyl (C=O) groups is 2. The fourth-order valence-electron chi connectivity index (χ4n) is 2.84. The lowest BCUT2D eigenvalue weighted by molar-refractivity contribution is -0.155. The topological polar surface area (TPSA) is 49.9 Å². The third-order valence-corrected chi connectivity index (χ3v) is 4.00. The van der Waals surface area contributed by atoms with Crippen molar-refractivity contribution in [3.63, 3.8) is 0 Å². The van der Waals surface area contributed by atoms with Crippen LogP contribution in [0.1, 0.15) is 44.0 Å². The molecule has 1 aliphatic rings. The van der Waals surface area contributed by atoms with E-state index in [1.54, 1.807) is 17.0 Å². The first-order chi connectivity index (χ1) is 11.7. The van der Waals surface area contributed by atoms with Crippen LogP contribution in [0.4, 0.5) is 4.39 Å². The summed E-state index contributed by atoms with van der Waals surface area (Å²) in [5, 5.41) is 0. The molecule has 1 amide bonds. The number of ether oxygens (including phenoxy) is 1. The Morgan fingerprint density at radius 2 is 1.92 bits per heavy atom. The fraction of sp³-hybridized carbons (Fsp3) is 0.579. The molecule has 6 heteroatoms. The van der Waals surface area contributed by atoms with E-state index in [-0.39, 0.29) is 11.9 Å². The third-order valence-electron chi connectivity index (χ3n) is 4.00. The normalized spacial score (nSPS) is 16.4. The summed E-state index contributed by atoms with van der Waals surface area (Å²) in [6, 6.07) is 5.79. The lowest BCUT2D eigenvalue weighted by atomic mass is 10.2. The molecule has 0 N–H and O–H groups in total. The Bertz CT molecular complexity index is 613. The van der Waals surface area contributed by atoms with Gasteiger partial charge in [-0.05, 0) is 51.9 Å². The van der Waals surface area contributed by atoms with Crippen molar-refractivity contribution in [3.05, 3.63) is 35.6 Å². The molecule has 0 bridgehead atoms. The Balaban J connectivity index is 1.83. The van der Waals surface area contributed by atoms with Crippen LogP contribution in [0, 0.1) is 5.82 Å². The van der Waals surface area contributed by atoms with Crippen molar-refractivity contribution in [2.45, 2.75) is 39.2 Å². The van der Waals surface area contributed by atoms with Gasteiger partial charge in [0.25, 0.3) is 5.91 Å². The summed E-state index contributed by atoms with van der Waals surface area (Å²) in [5.41, 5.74) is -0.0912. The molecule has 0 aliphatic carbocycles. The van der Waals surface area contributed by atoms with Gasteiger partial charge >= 0.3 is 5.97 Å². The second kappa shape index (κ2) is 8.43. The Morgan fingerprint density at radius 3 is 2.60 bits per heavy atom. The average Bonchev–Trinajstić information content (AvgIpc) is 2.76. The number of carbonyl (C=O) groups excluding carboxylic acids is 2. The minimum absolute atomic E-state index is 0.145. The number of rotatable bonds is 4. The van der Waals surface area contributed by atoms with Crippen LogP contribution in [-0.4, -0.2) is 60.0 Å². The maximum atomic E-state index is 13.3. The molecule has 138 valence electrons. The van der Waals surface area contributed by atoms with Crippen molar-refractivity contribution in [2.24, 2.45) is 0 Å². The summed E-state index contributed by atoms with van der Waals surface area (Å²) in [7, 11) is 0. The molecule has 0 saturated carbocycles. The molecule has 0 unspecified atom stereocenters. The van der Waals surface area contributed by atoms with Crippen LogP contribution in [0.25, 0.3) is 0 Å². The summed E-state index contributed by atoms with van der Waals surface area (Å²) in [4.78, 5) is 28.3. The second-order valence-corrected chi connectivity index (χ2v) is 7.33. The summed E-state index contributed by atoms with van der Waals surface area (Å²) in [6.07, 6.45) is 1.17. The molecule has 25 heavy (non-hydrogen) atoms. The number of hydrogen-bond acceptors (Lipinski definition) is 4. The lowest BCUT2D eigenvalue weighted by Crippen LogP contribution is -2.36. The largest absolute Gasteiger partial charge is 0.460 e. The van der Waals surface area contributed by atoms with Crippen molar-refractivity contribution >= 4 is 11.9 Å². The van der Waals surface area contributed by atoms with E-state index >= 15 is 0 Å². The Kier molecular flexibility index (Phi) is 6.53. The zero-order valence-electron chi connectivity index (χ0n) is 15.3. The highest BCUT2D eigenvalue weighted by molar-refractivity contribution is 5.94. The van der Waals surface area contributed by atoms with Gasteiger partial charge < -0.3 is 14.5 Å². The van der Waals surface area contributed by atoms with Crippen LogP contribution >= 0.6 is 0 Å². The summed E-state index contributed by atoms with van der Waals surface area (Å²) < 4.78 is 18.6. The van der Waals surface area contributed by atoms with Crippen molar-refractivity contribution < 1.29 is 18.7 Å². The van der Waals surface area contributed by atoms with Gasteiger partial charge in [0, 0.05) is 31.7 Å². The number of benzene rings is 1. The van der Waals surface area contributed by atoms with Crippen LogP contribution in [0.5, 0.6) is 0 Å². The molecule has 0 aromatic heterocycles. The molecule has 0 radical (unpaired) electrons. The van der Waals surface area contributed by atoms with Gasteiger partial charge in [-0.3, -0.25) is 9.59 Å². The van der Waals surface area contributed by atoms with Crippen molar-refractivity contribution in [1.29, 1.82) is 0 Å². The minimum Gasteiger partial charge on any atom is -0.460 e. The Hall–Kier alpha value is -1.95. The first-order valence-corrected chi connectivity index (χ1v) is 8.74. The van der Waals surface area contributed by atoms with Crippen LogP contribution in [0.2, 0.25) is 0 Å². The summed E-state index contributed by atoms with van der Waals surface area (Å²) in [5.74, 6) is -0.752. The number of esters is 1. The van der Waals surface area contributed by atoms with E-state index in [1.165, 1.54) is 12.1 Å². The van der Waals surface area contributed by atoms with E-state index in [4.69, 9.17) is 4.74 Å². The van der Waals surface area contributed by atoms with Crippen molar-refractivity contribution in [3.8, 4) is 0 Å². The van der Waals surface area contributed by atoms with Crippen LogP contribution in [-0.2, 0) is 9.53 Å². The van der Waals surface area contributed by atoms with Crippen LogP contribution in [0.3, 0.4) is 0 Å². The van der Waals surface area contributed by atoms with Crippen molar-refractivity contribution in [2.75, 3.05) is 32.7 Å². The summed E-state index contributed by atoms with van der Waals surface area (Å²) in [6.45, 7) is 8.92. The minimum atomic E-state index is -0.468. The van der Waals surface area contributed by atoms with Gasteiger partial charge in [-0.1, -0.05) is 6.07 Å². The molecule has 5 nitrogen and oxygen atoms in total. The van der Waals surface area contributed by atoms with E-state index < -0.39 is 11.4 Å². The predicted octanol–water partition coefficient (Wildman–Crippen LogP) is 2.71.